The van der Waals surface area contributed by atoms with Gasteiger partial charge >= 0.3 is 0 Å². The molecule has 3 nitrogen and oxygen atoms in total. The first-order valence-electron chi connectivity index (χ1n) is 5.77. The maximum Gasteiger partial charge on any atom is 0.127 e. The van der Waals surface area contributed by atoms with Crippen molar-refractivity contribution in [3.63, 3.8) is 0 Å². The van der Waals surface area contributed by atoms with E-state index in [0.717, 1.165) is 16.9 Å². The zero-order valence-electron chi connectivity index (χ0n) is 10.2. The first-order valence-corrected chi connectivity index (χ1v) is 5.77. The Morgan fingerprint density at radius 2 is 2.00 bits per heavy atom. The highest BCUT2D eigenvalue weighted by Gasteiger charge is 2.06. The van der Waals surface area contributed by atoms with Crippen LogP contribution in [-0.2, 0) is 13.1 Å². The molecule has 0 fully saturated rings. The highest BCUT2D eigenvalue weighted by Crippen LogP contribution is 2.15. The molecule has 1 aromatic carbocycles. The number of hydrogen-bond donors (Lipinski definition) is 1. The van der Waals surface area contributed by atoms with E-state index in [9.17, 15) is 8.78 Å². The minimum Gasteiger partial charge on any atom is -0.366 e. The number of aryl methyl sites for hydroxylation is 2. The summed E-state index contributed by atoms with van der Waals surface area (Å²) in [4.78, 5) is 0. The lowest BCUT2D eigenvalue weighted by Crippen LogP contribution is -2.09. The topological polar surface area (TPSA) is 29.9 Å². The molecule has 0 radical (unpaired) electrons. The molecule has 0 saturated carbocycles. The fourth-order valence-electron chi connectivity index (χ4n) is 1.75. The van der Waals surface area contributed by atoms with Crippen molar-refractivity contribution in [2.24, 2.45) is 0 Å². The second-order valence-electron chi connectivity index (χ2n) is 4.07. The SMILES string of the molecule is Cc1cnn(CCF)c1NCc1ccc(F)cc1. The van der Waals surface area contributed by atoms with Gasteiger partial charge in [0.25, 0.3) is 0 Å². The minimum absolute atomic E-state index is 0.236. The number of alkyl halides is 1. The number of halogens is 2. The van der Waals surface area contributed by atoms with Crippen LogP contribution in [-0.4, -0.2) is 16.5 Å². The molecule has 0 spiro atoms. The number of nitrogens with zero attached hydrogens (tertiary/aromatic N) is 2. The number of rotatable bonds is 5. The molecule has 1 N–H and O–H groups in total. The summed E-state index contributed by atoms with van der Waals surface area (Å²) in [6.45, 7) is 2.25. The average Bonchev–Trinajstić information content (AvgIpc) is 2.71. The van der Waals surface area contributed by atoms with Gasteiger partial charge in [-0.05, 0) is 24.6 Å². The third kappa shape index (κ3) is 2.85. The van der Waals surface area contributed by atoms with Crippen LogP contribution in [0.2, 0.25) is 0 Å². The predicted octanol–water partition coefficient (Wildman–Crippen LogP) is 2.91. The van der Waals surface area contributed by atoms with Crippen molar-refractivity contribution in [2.75, 3.05) is 12.0 Å². The summed E-state index contributed by atoms with van der Waals surface area (Å²) in [5.41, 5.74) is 1.93. The average molecular weight is 251 g/mol. The standard InChI is InChI=1S/C13H15F2N3/c1-10-8-17-18(7-6-14)13(10)16-9-11-2-4-12(15)5-3-11/h2-5,8,16H,6-7,9H2,1H3. The van der Waals surface area contributed by atoms with Crippen molar-refractivity contribution in [1.29, 1.82) is 0 Å². The molecule has 1 heterocycles. The Balaban J connectivity index is 2.05. The molecule has 0 aliphatic rings. The molecule has 0 bridgehead atoms. The normalized spacial score (nSPS) is 10.6. The second-order valence-corrected chi connectivity index (χ2v) is 4.07. The van der Waals surface area contributed by atoms with Crippen molar-refractivity contribution in [3.05, 3.63) is 47.4 Å². The molecule has 0 saturated heterocycles. The van der Waals surface area contributed by atoms with Crippen LogP contribution in [0, 0.1) is 12.7 Å². The summed E-state index contributed by atoms with van der Waals surface area (Å²) in [6.07, 6.45) is 1.70. The Morgan fingerprint density at radius 3 is 2.67 bits per heavy atom. The van der Waals surface area contributed by atoms with E-state index in [1.165, 1.54) is 12.1 Å². The summed E-state index contributed by atoms with van der Waals surface area (Å²) >= 11 is 0. The molecule has 0 aliphatic heterocycles. The monoisotopic (exact) mass is 251 g/mol. The molecule has 18 heavy (non-hydrogen) atoms. The van der Waals surface area contributed by atoms with Crippen molar-refractivity contribution < 1.29 is 8.78 Å². The molecule has 0 amide bonds. The fraction of sp³-hybridized carbons (Fsp3) is 0.308. The molecular formula is C13H15F2N3. The Bertz CT molecular complexity index is 505. The van der Waals surface area contributed by atoms with Crippen molar-refractivity contribution in [1.82, 2.24) is 9.78 Å². The van der Waals surface area contributed by atoms with Gasteiger partial charge in [0, 0.05) is 12.1 Å². The van der Waals surface area contributed by atoms with Crippen LogP contribution < -0.4 is 5.32 Å². The largest absolute Gasteiger partial charge is 0.366 e. The molecule has 0 aliphatic carbocycles. The van der Waals surface area contributed by atoms with Gasteiger partial charge < -0.3 is 5.32 Å². The molecule has 0 atom stereocenters. The Hall–Kier alpha value is -1.91. The van der Waals surface area contributed by atoms with Crippen molar-refractivity contribution in [3.8, 4) is 0 Å². The zero-order chi connectivity index (χ0) is 13.0. The smallest absolute Gasteiger partial charge is 0.127 e. The van der Waals surface area contributed by atoms with Crippen LogP contribution >= 0.6 is 0 Å². The van der Waals surface area contributed by atoms with E-state index in [2.05, 4.69) is 10.4 Å². The Kier molecular flexibility index (Phi) is 3.92. The quantitative estimate of drug-likeness (QED) is 0.885. The summed E-state index contributed by atoms with van der Waals surface area (Å²) in [5, 5.41) is 7.28. The van der Waals surface area contributed by atoms with Gasteiger partial charge in [-0.3, -0.25) is 0 Å². The van der Waals surface area contributed by atoms with Crippen LogP contribution in [0.3, 0.4) is 0 Å². The van der Waals surface area contributed by atoms with Gasteiger partial charge in [-0.25, -0.2) is 13.5 Å². The molecule has 96 valence electrons. The second kappa shape index (κ2) is 5.62. The lowest BCUT2D eigenvalue weighted by molar-refractivity contribution is 0.429. The van der Waals surface area contributed by atoms with Crippen LogP contribution in [0.4, 0.5) is 14.6 Å². The van der Waals surface area contributed by atoms with E-state index in [1.807, 2.05) is 6.92 Å². The molecular weight excluding hydrogens is 236 g/mol. The van der Waals surface area contributed by atoms with Crippen LogP contribution in [0.1, 0.15) is 11.1 Å². The van der Waals surface area contributed by atoms with Gasteiger partial charge in [-0.1, -0.05) is 12.1 Å². The number of hydrogen-bond acceptors (Lipinski definition) is 2. The highest BCUT2D eigenvalue weighted by molar-refractivity contribution is 5.43. The van der Waals surface area contributed by atoms with E-state index < -0.39 is 6.67 Å². The zero-order valence-corrected chi connectivity index (χ0v) is 10.2. The van der Waals surface area contributed by atoms with Gasteiger partial charge in [0.05, 0.1) is 12.7 Å². The fourth-order valence-corrected chi connectivity index (χ4v) is 1.75. The first kappa shape index (κ1) is 12.5. The number of nitrogens with one attached hydrogen (secondary N) is 1. The molecule has 2 rings (SSSR count). The van der Waals surface area contributed by atoms with Crippen molar-refractivity contribution >= 4 is 5.82 Å². The van der Waals surface area contributed by atoms with E-state index in [4.69, 9.17) is 0 Å². The maximum atomic E-state index is 12.8. The maximum absolute atomic E-state index is 12.8. The van der Waals surface area contributed by atoms with E-state index in [1.54, 1.807) is 23.0 Å². The summed E-state index contributed by atoms with van der Waals surface area (Å²) in [5.74, 6) is 0.550. The van der Waals surface area contributed by atoms with Gasteiger partial charge in [-0.15, -0.1) is 0 Å². The summed E-state index contributed by atoms with van der Waals surface area (Å²) in [7, 11) is 0. The Morgan fingerprint density at radius 1 is 1.28 bits per heavy atom. The predicted molar refractivity (Wildman–Crippen MR) is 66.7 cm³/mol. The van der Waals surface area contributed by atoms with E-state index in [-0.39, 0.29) is 12.4 Å². The molecule has 5 heteroatoms. The molecule has 2 aromatic rings. The van der Waals surface area contributed by atoms with Gasteiger partial charge in [0.1, 0.15) is 18.3 Å². The summed E-state index contributed by atoms with van der Waals surface area (Å²) in [6, 6.07) is 6.27. The van der Waals surface area contributed by atoms with E-state index in [0.29, 0.717) is 6.54 Å². The third-order valence-electron chi connectivity index (χ3n) is 2.69. The number of anilines is 1. The van der Waals surface area contributed by atoms with Crippen LogP contribution in [0.5, 0.6) is 0 Å². The minimum atomic E-state index is -0.452. The lowest BCUT2D eigenvalue weighted by Gasteiger charge is -2.10. The molecule has 0 unspecified atom stereocenters. The summed E-state index contributed by atoms with van der Waals surface area (Å²) < 4.78 is 26.7. The van der Waals surface area contributed by atoms with Gasteiger partial charge in [-0.2, -0.15) is 5.10 Å². The van der Waals surface area contributed by atoms with E-state index >= 15 is 0 Å². The van der Waals surface area contributed by atoms with Crippen LogP contribution in [0.25, 0.3) is 0 Å². The number of aromatic nitrogens is 2. The lowest BCUT2D eigenvalue weighted by atomic mass is 10.2. The highest BCUT2D eigenvalue weighted by atomic mass is 19.1. The van der Waals surface area contributed by atoms with Gasteiger partial charge in [0.15, 0.2) is 0 Å². The van der Waals surface area contributed by atoms with Crippen molar-refractivity contribution in [2.45, 2.75) is 20.0 Å². The third-order valence-corrected chi connectivity index (χ3v) is 2.69. The molecule has 1 aromatic heterocycles. The number of benzene rings is 1. The van der Waals surface area contributed by atoms with Crippen LogP contribution in [0.15, 0.2) is 30.5 Å². The Labute approximate surface area is 104 Å². The first-order chi connectivity index (χ1) is 8.70. The van der Waals surface area contributed by atoms with Gasteiger partial charge in [0.2, 0.25) is 0 Å².